The van der Waals surface area contributed by atoms with E-state index in [1.807, 2.05) is 26.8 Å². The van der Waals surface area contributed by atoms with Gasteiger partial charge in [0.05, 0.1) is 0 Å². The first kappa shape index (κ1) is 15.5. The number of hydrogen-bond acceptors (Lipinski definition) is 5. The average Bonchev–Trinajstić information content (AvgIpc) is 2.45. The van der Waals surface area contributed by atoms with Gasteiger partial charge in [-0.15, -0.1) is 0 Å². The van der Waals surface area contributed by atoms with Crippen LogP contribution in [0.3, 0.4) is 0 Å². The summed E-state index contributed by atoms with van der Waals surface area (Å²) in [4.78, 5) is 17.7. The number of nitrogens with one attached hydrogen (secondary N) is 1. The molecule has 0 atom stereocenters. The molecule has 2 heterocycles. The molecule has 5 nitrogen and oxygen atoms in total. The first-order chi connectivity index (χ1) is 10.1. The van der Waals surface area contributed by atoms with Crippen molar-refractivity contribution in [2.24, 2.45) is 0 Å². The second kappa shape index (κ2) is 7.22. The summed E-state index contributed by atoms with van der Waals surface area (Å²) in [6.07, 6.45) is 3.86. The monoisotopic (exact) mass is 285 g/mol. The Morgan fingerprint density at radius 2 is 1.71 bits per heavy atom. The number of aryl methyl sites for hydroxylation is 3. The molecule has 0 amide bonds. The lowest BCUT2D eigenvalue weighted by atomic mass is 10.1. The van der Waals surface area contributed by atoms with Gasteiger partial charge >= 0.3 is 0 Å². The summed E-state index contributed by atoms with van der Waals surface area (Å²) in [5.74, 6) is 1.42. The predicted octanol–water partition coefficient (Wildman–Crippen LogP) is 2.40. The van der Waals surface area contributed by atoms with Gasteiger partial charge in [0.1, 0.15) is 11.5 Å². The Morgan fingerprint density at radius 3 is 2.33 bits per heavy atom. The molecule has 0 spiro atoms. The standard InChI is InChI=1S/C16H23N5/c1-5-8-17-9-6-14-11(2)19-16(20-12(14)3)15-7-10-18-13(4)21-15/h7,10,17H,5-6,8-9H2,1-4H3. The molecule has 0 aliphatic heterocycles. The molecule has 0 aliphatic carbocycles. The fraction of sp³-hybridized carbons (Fsp3) is 0.500. The lowest BCUT2D eigenvalue weighted by molar-refractivity contribution is 0.666. The largest absolute Gasteiger partial charge is 0.316 e. The normalized spacial score (nSPS) is 10.9. The van der Waals surface area contributed by atoms with Crippen molar-refractivity contribution in [3.05, 3.63) is 35.0 Å². The number of hydrogen-bond donors (Lipinski definition) is 1. The van der Waals surface area contributed by atoms with E-state index in [9.17, 15) is 0 Å². The van der Waals surface area contributed by atoms with Crippen molar-refractivity contribution in [2.45, 2.75) is 40.5 Å². The van der Waals surface area contributed by atoms with Gasteiger partial charge in [-0.05, 0) is 58.3 Å². The summed E-state index contributed by atoms with van der Waals surface area (Å²) in [5.41, 5.74) is 4.08. The van der Waals surface area contributed by atoms with Crippen LogP contribution in [0.15, 0.2) is 12.3 Å². The van der Waals surface area contributed by atoms with Gasteiger partial charge in [-0.2, -0.15) is 0 Å². The summed E-state index contributed by atoms with van der Waals surface area (Å²) in [5, 5.41) is 3.42. The molecule has 2 aromatic heterocycles. The first-order valence-electron chi connectivity index (χ1n) is 7.46. The molecule has 0 aliphatic rings. The predicted molar refractivity (Wildman–Crippen MR) is 84.1 cm³/mol. The van der Waals surface area contributed by atoms with Crippen molar-refractivity contribution < 1.29 is 0 Å². The van der Waals surface area contributed by atoms with Crippen LogP contribution in [0.25, 0.3) is 11.5 Å². The molecule has 5 heteroatoms. The molecule has 0 radical (unpaired) electrons. The second-order valence-electron chi connectivity index (χ2n) is 5.19. The van der Waals surface area contributed by atoms with Crippen LogP contribution in [0, 0.1) is 20.8 Å². The zero-order valence-corrected chi connectivity index (χ0v) is 13.3. The Labute approximate surface area is 126 Å². The molecule has 2 aromatic rings. The van der Waals surface area contributed by atoms with Crippen LogP contribution in [0.2, 0.25) is 0 Å². The van der Waals surface area contributed by atoms with E-state index in [4.69, 9.17) is 0 Å². The topological polar surface area (TPSA) is 63.6 Å². The van der Waals surface area contributed by atoms with Gasteiger partial charge < -0.3 is 5.32 Å². The van der Waals surface area contributed by atoms with Gasteiger partial charge in [-0.3, -0.25) is 0 Å². The van der Waals surface area contributed by atoms with Gasteiger partial charge in [0.25, 0.3) is 0 Å². The third-order valence-electron chi connectivity index (χ3n) is 3.40. The SMILES string of the molecule is CCCNCCc1c(C)nc(-c2ccnc(C)n2)nc1C. The Balaban J connectivity index is 2.20. The number of nitrogens with zero attached hydrogens (tertiary/aromatic N) is 4. The fourth-order valence-corrected chi connectivity index (χ4v) is 2.31. The molecule has 2 rings (SSSR count). The maximum Gasteiger partial charge on any atom is 0.178 e. The van der Waals surface area contributed by atoms with Crippen molar-refractivity contribution in [3.63, 3.8) is 0 Å². The van der Waals surface area contributed by atoms with Gasteiger partial charge in [-0.25, -0.2) is 19.9 Å². The van der Waals surface area contributed by atoms with Crippen LogP contribution in [-0.2, 0) is 6.42 Å². The molecule has 0 saturated heterocycles. The van der Waals surface area contributed by atoms with Crippen molar-refractivity contribution >= 4 is 0 Å². The Hall–Kier alpha value is -1.88. The summed E-state index contributed by atoms with van der Waals surface area (Å²) < 4.78 is 0. The maximum atomic E-state index is 4.62. The van der Waals surface area contributed by atoms with E-state index in [-0.39, 0.29) is 0 Å². The third kappa shape index (κ3) is 4.04. The van der Waals surface area contributed by atoms with E-state index in [0.29, 0.717) is 5.82 Å². The average molecular weight is 285 g/mol. The quantitative estimate of drug-likeness (QED) is 0.826. The summed E-state index contributed by atoms with van der Waals surface area (Å²) in [6.45, 7) is 10.1. The van der Waals surface area contributed by atoms with Gasteiger partial charge in [0, 0.05) is 17.6 Å². The van der Waals surface area contributed by atoms with Crippen LogP contribution >= 0.6 is 0 Å². The van der Waals surface area contributed by atoms with Crippen molar-refractivity contribution in [2.75, 3.05) is 13.1 Å². The Morgan fingerprint density at radius 1 is 1.00 bits per heavy atom. The molecule has 0 aromatic carbocycles. The molecular formula is C16H23N5. The summed E-state index contributed by atoms with van der Waals surface area (Å²) >= 11 is 0. The second-order valence-corrected chi connectivity index (χ2v) is 5.19. The highest BCUT2D eigenvalue weighted by molar-refractivity contribution is 5.49. The van der Waals surface area contributed by atoms with E-state index < -0.39 is 0 Å². The molecule has 0 saturated carbocycles. The lowest BCUT2D eigenvalue weighted by Crippen LogP contribution is -2.19. The van der Waals surface area contributed by atoms with Crippen molar-refractivity contribution in [3.8, 4) is 11.5 Å². The number of rotatable bonds is 6. The van der Waals surface area contributed by atoms with Gasteiger partial charge in [-0.1, -0.05) is 6.92 Å². The van der Waals surface area contributed by atoms with Gasteiger partial charge in [0.2, 0.25) is 0 Å². The molecule has 112 valence electrons. The highest BCUT2D eigenvalue weighted by Gasteiger charge is 2.10. The number of aromatic nitrogens is 4. The minimum atomic E-state index is 0.681. The minimum Gasteiger partial charge on any atom is -0.316 e. The third-order valence-corrected chi connectivity index (χ3v) is 3.40. The van der Waals surface area contributed by atoms with Crippen molar-refractivity contribution in [1.82, 2.24) is 25.3 Å². The molecule has 0 fully saturated rings. The molecule has 0 bridgehead atoms. The molecular weight excluding hydrogens is 262 g/mol. The summed E-state index contributed by atoms with van der Waals surface area (Å²) in [6, 6.07) is 1.85. The first-order valence-corrected chi connectivity index (χ1v) is 7.46. The maximum absolute atomic E-state index is 4.62. The lowest BCUT2D eigenvalue weighted by Gasteiger charge is -2.11. The molecule has 21 heavy (non-hydrogen) atoms. The van der Waals surface area contributed by atoms with E-state index >= 15 is 0 Å². The zero-order valence-electron chi connectivity index (χ0n) is 13.3. The zero-order chi connectivity index (χ0) is 15.2. The smallest absolute Gasteiger partial charge is 0.178 e. The van der Waals surface area contributed by atoms with Crippen LogP contribution < -0.4 is 5.32 Å². The van der Waals surface area contributed by atoms with E-state index in [1.165, 1.54) is 5.56 Å². The molecule has 0 unspecified atom stereocenters. The van der Waals surface area contributed by atoms with E-state index in [2.05, 4.69) is 32.2 Å². The van der Waals surface area contributed by atoms with E-state index in [0.717, 1.165) is 48.8 Å². The Bertz CT molecular complexity index is 586. The van der Waals surface area contributed by atoms with E-state index in [1.54, 1.807) is 6.20 Å². The highest BCUT2D eigenvalue weighted by Crippen LogP contribution is 2.17. The van der Waals surface area contributed by atoms with Gasteiger partial charge in [0.15, 0.2) is 5.82 Å². The fourth-order valence-electron chi connectivity index (χ4n) is 2.31. The minimum absolute atomic E-state index is 0.681. The Kier molecular flexibility index (Phi) is 5.33. The molecule has 1 N–H and O–H groups in total. The van der Waals surface area contributed by atoms with Crippen LogP contribution in [-0.4, -0.2) is 33.0 Å². The summed E-state index contributed by atoms with van der Waals surface area (Å²) in [7, 11) is 0. The van der Waals surface area contributed by atoms with Crippen molar-refractivity contribution in [1.29, 1.82) is 0 Å². The van der Waals surface area contributed by atoms with Crippen LogP contribution in [0.5, 0.6) is 0 Å². The van der Waals surface area contributed by atoms with Crippen LogP contribution in [0.4, 0.5) is 0 Å². The highest BCUT2D eigenvalue weighted by atomic mass is 15.0. The van der Waals surface area contributed by atoms with Crippen LogP contribution in [0.1, 0.15) is 36.1 Å².